The number of hydrogen-bond acceptors (Lipinski definition) is 6. The van der Waals surface area contributed by atoms with Gasteiger partial charge in [0, 0.05) is 56.1 Å². The molecule has 1 fully saturated rings. The molecule has 0 radical (unpaired) electrons. The molecule has 2 aliphatic carbocycles. The normalized spacial score (nSPS) is 20.7. The lowest BCUT2D eigenvalue weighted by Crippen LogP contribution is -2.27. The van der Waals surface area contributed by atoms with Gasteiger partial charge in [-0.05, 0) is 88.8 Å². The topological polar surface area (TPSA) is 134 Å². The molecular weight excluding hydrogens is 701 g/mol. The second kappa shape index (κ2) is 15.0. The van der Waals surface area contributed by atoms with Crippen molar-refractivity contribution in [2.75, 3.05) is 24.2 Å². The van der Waals surface area contributed by atoms with Crippen LogP contribution in [0.3, 0.4) is 0 Å². The minimum atomic E-state index is -0.666. The Labute approximate surface area is 313 Å². The van der Waals surface area contributed by atoms with E-state index in [-0.39, 0.29) is 17.7 Å². The van der Waals surface area contributed by atoms with Gasteiger partial charge in [-0.25, -0.2) is 9.97 Å². The first kappa shape index (κ1) is 36.2. The lowest BCUT2D eigenvalue weighted by atomic mass is 9.72. The number of carboxylic acid groups (broad SMARTS) is 1. The number of anilines is 2. The van der Waals surface area contributed by atoms with Crippen LogP contribution in [0.5, 0.6) is 0 Å². The molecule has 274 valence electrons. The summed E-state index contributed by atoms with van der Waals surface area (Å²) in [4.78, 5) is 50.2. The number of aliphatic carboxylic acids is 1. The number of amides is 2. The number of rotatable bonds is 7. The Hall–Kier alpha value is -4.19. The van der Waals surface area contributed by atoms with E-state index in [1.54, 1.807) is 24.3 Å². The number of carboxylic acids is 1. The molecule has 7 rings (SSSR count). The number of aryl methyl sites for hydroxylation is 1. The Kier molecular flexibility index (Phi) is 10.5. The number of hydrogen-bond donors (Lipinski definition) is 3. The molecule has 3 heterocycles. The van der Waals surface area contributed by atoms with Crippen LogP contribution < -0.4 is 10.6 Å². The first-order valence-corrected chi connectivity index (χ1v) is 19.0. The Balaban J connectivity index is 1.05. The zero-order chi connectivity index (χ0) is 36.7. The van der Waals surface area contributed by atoms with E-state index in [4.69, 9.17) is 28.2 Å². The maximum atomic E-state index is 13.7. The number of imidazole rings is 2. The SMILES string of the molecule is CN1CCc2c(nc(C(=O)Nc3cccc(-c4cccc(NC(=O)c5nc6c(n5C)CCC(C5CCC(C(=O)O)CC5)CCC6)c4Cl)c3Cl)n2C)C1. The van der Waals surface area contributed by atoms with Crippen molar-refractivity contribution < 1.29 is 19.5 Å². The van der Waals surface area contributed by atoms with E-state index < -0.39 is 5.97 Å². The third-order valence-electron chi connectivity index (χ3n) is 11.5. The Morgan fingerprint density at radius 2 is 1.25 bits per heavy atom. The molecule has 1 atom stereocenters. The smallest absolute Gasteiger partial charge is 0.306 e. The van der Waals surface area contributed by atoms with E-state index in [1.807, 2.05) is 42.4 Å². The van der Waals surface area contributed by atoms with Crippen molar-refractivity contribution >= 4 is 52.4 Å². The average molecular weight is 747 g/mol. The molecule has 1 aliphatic heterocycles. The first-order chi connectivity index (χ1) is 25.0. The van der Waals surface area contributed by atoms with Crippen LogP contribution >= 0.6 is 23.2 Å². The molecule has 2 aromatic carbocycles. The zero-order valence-electron chi connectivity index (χ0n) is 29.8. The number of nitrogens with zero attached hydrogens (tertiary/aromatic N) is 5. The third kappa shape index (κ3) is 7.10. The summed E-state index contributed by atoms with van der Waals surface area (Å²) in [5, 5.41) is 16.0. The van der Waals surface area contributed by atoms with Crippen molar-refractivity contribution in [1.82, 2.24) is 24.0 Å². The van der Waals surface area contributed by atoms with E-state index in [2.05, 4.69) is 20.5 Å². The molecule has 3 aliphatic rings. The quantitative estimate of drug-likeness (QED) is 0.180. The number of fused-ring (bicyclic) bond motifs is 2. The van der Waals surface area contributed by atoms with Crippen molar-refractivity contribution in [2.24, 2.45) is 31.8 Å². The van der Waals surface area contributed by atoms with Crippen LogP contribution in [0.4, 0.5) is 11.4 Å². The molecule has 0 spiro atoms. The molecule has 3 N–H and O–H groups in total. The molecule has 2 aromatic heterocycles. The maximum Gasteiger partial charge on any atom is 0.306 e. The lowest BCUT2D eigenvalue weighted by molar-refractivity contribution is -0.143. The summed E-state index contributed by atoms with van der Waals surface area (Å²) >= 11 is 13.9. The molecule has 13 heteroatoms. The van der Waals surface area contributed by atoms with Crippen LogP contribution in [0, 0.1) is 17.8 Å². The largest absolute Gasteiger partial charge is 0.481 e. The van der Waals surface area contributed by atoms with Gasteiger partial charge in [-0.2, -0.15) is 0 Å². The molecule has 4 aromatic rings. The van der Waals surface area contributed by atoms with Crippen molar-refractivity contribution in [1.29, 1.82) is 0 Å². The Bertz CT molecular complexity index is 2030. The number of carbonyl (C=O) groups is 3. The molecule has 11 nitrogen and oxygen atoms in total. The van der Waals surface area contributed by atoms with Crippen LogP contribution in [0.2, 0.25) is 10.0 Å². The van der Waals surface area contributed by atoms with Gasteiger partial charge in [0.25, 0.3) is 11.8 Å². The fourth-order valence-corrected chi connectivity index (χ4v) is 9.05. The van der Waals surface area contributed by atoms with Gasteiger partial charge in [0.05, 0.1) is 38.7 Å². The van der Waals surface area contributed by atoms with E-state index in [1.165, 1.54) is 0 Å². The molecule has 0 bridgehead atoms. The van der Waals surface area contributed by atoms with E-state index >= 15 is 0 Å². The van der Waals surface area contributed by atoms with Gasteiger partial charge in [0.2, 0.25) is 0 Å². The number of halogens is 2. The summed E-state index contributed by atoms with van der Waals surface area (Å²) < 4.78 is 3.76. The fraction of sp³-hybridized carbons (Fsp3) is 0.462. The molecule has 1 unspecified atom stereocenters. The number of likely N-dealkylation sites (N-methyl/N-ethyl adjacent to an activating group) is 1. The summed E-state index contributed by atoms with van der Waals surface area (Å²) in [6.45, 7) is 1.60. The zero-order valence-corrected chi connectivity index (χ0v) is 31.4. The lowest BCUT2D eigenvalue weighted by Gasteiger charge is -2.33. The van der Waals surface area contributed by atoms with Crippen molar-refractivity contribution in [2.45, 2.75) is 70.8 Å². The number of carbonyl (C=O) groups excluding carboxylic acids is 2. The molecule has 1 saturated carbocycles. The summed E-state index contributed by atoms with van der Waals surface area (Å²) in [7, 11) is 5.79. The van der Waals surface area contributed by atoms with E-state index in [9.17, 15) is 19.5 Å². The van der Waals surface area contributed by atoms with E-state index in [0.29, 0.717) is 62.6 Å². The maximum absolute atomic E-state index is 13.7. The van der Waals surface area contributed by atoms with Gasteiger partial charge in [-0.15, -0.1) is 0 Å². The molecular formula is C39H45Cl2N7O4. The standard InChI is InChI=1S/C39H45Cl2N7O4/c1-46-20-19-32-30(21-46)43-36(48(32)3)38(50)45-29-12-6-9-26(34(29)41)25-8-5-11-28(33(25)40)44-37(49)35-42-27-10-4-7-22(17-18-31(27)47(35)2)23-13-15-24(16-14-23)39(51)52/h5-6,8-9,11-12,22-24H,4,7,10,13-21H2,1-3H3,(H,44,49)(H,45,50)(H,51,52). The van der Waals surface area contributed by atoms with Gasteiger partial charge >= 0.3 is 5.97 Å². The summed E-state index contributed by atoms with van der Waals surface area (Å²) in [6.07, 6.45) is 9.03. The highest BCUT2D eigenvalue weighted by atomic mass is 35.5. The predicted octanol–water partition coefficient (Wildman–Crippen LogP) is 7.40. The summed E-state index contributed by atoms with van der Waals surface area (Å²) in [5.41, 5.74) is 6.07. The Morgan fingerprint density at radius 3 is 1.83 bits per heavy atom. The highest BCUT2D eigenvalue weighted by Gasteiger charge is 2.32. The van der Waals surface area contributed by atoms with Crippen LogP contribution in [-0.4, -0.2) is 60.5 Å². The van der Waals surface area contributed by atoms with Gasteiger partial charge in [-0.1, -0.05) is 47.5 Å². The van der Waals surface area contributed by atoms with Crippen molar-refractivity contribution in [3.05, 3.63) is 80.9 Å². The number of aromatic nitrogens is 4. The van der Waals surface area contributed by atoms with Gasteiger partial charge in [0.1, 0.15) is 0 Å². The van der Waals surface area contributed by atoms with Crippen LogP contribution in [0.25, 0.3) is 11.1 Å². The summed E-state index contributed by atoms with van der Waals surface area (Å²) in [6, 6.07) is 10.7. The third-order valence-corrected chi connectivity index (χ3v) is 12.3. The average Bonchev–Trinajstić information content (AvgIpc) is 3.61. The monoisotopic (exact) mass is 745 g/mol. The highest BCUT2D eigenvalue weighted by molar-refractivity contribution is 6.40. The summed E-state index contributed by atoms with van der Waals surface area (Å²) in [5.74, 6) is 0.189. The number of benzene rings is 2. The second-order valence-corrected chi connectivity index (χ2v) is 15.4. The van der Waals surface area contributed by atoms with Crippen molar-refractivity contribution in [3.63, 3.8) is 0 Å². The van der Waals surface area contributed by atoms with Crippen LogP contribution in [-0.2, 0) is 44.7 Å². The molecule has 2 amide bonds. The van der Waals surface area contributed by atoms with E-state index in [0.717, 1.165) is 93.5 Å². The highest BCUT2D eigenvalue weighted by Crippen LogP contribution is 2.41. The molecule has 52 heavy (non-hydrogen) atoms. The van der Waals surface area contributed by atoms with Gasteiger partial charge in [-0.3, -0.25) is 14.4 Å². The van der Waals surface area contributed by atoms with Crippen LogP contribution in [0.1, 0.15) is 89.0 Å². The minimum Gasteiger partial charge on any atom is -0.481 e. The molecule has 0 saturated heterocycles. The first-order valence-electron chi connectivity index (χ1n) is 18.2. The Morgan fingerprint density at radius 1 is 0.712 bits per heavy atom. The fourth-order valence-electron chi connectivity index (χ4n) is 8.50. The van der Waals surface area contributed by atoms with Gasteiger partial charge < -0.3 is 29.8 Å². The second-order valence-electron chi connectivity index (χ2n) is 14.6. The van der Waals surface area contributed by atoms with Crippen LogP contribution in [0.15, 0.2) is 36.4 Å². The van der Waals surface area contributed by atoms with Gasteiger partial charge in [0.15, 0.2) is 11.6 Å². The predicted molar refractivity (Wildman–Crippen MR) is 202 cm³/mol. The number of nitrogens with one attached hydrogen (secondary N) is 2. The van der Waals surface area contributed by atoms with Crippen molar-refractivity contribution in [3.8, 4) is 11.1 Å². The minimum absolute atomic E-state index is 0.204.